The minimum Gasteiger partial charge on any atom is -0.397 e. The van der Waals surface area contributed by atoms with Gasteiger partial charge in [-0.15, -0.1) is 0 Å². The first kappa shape index (κ1) is 13.4. The Labute approximate surface area is 120 Å². The molecule has 5 N–H and O–H groups in total. The van der Waals surface area contributed by atoms with Gasteiger partial charge in [0, 0.05) is 19.0 Å². The van der Waals surface area contributed by atoms with Crippen molar-refractivity contribution in [3.8, 4) is 0 Å². The zero-order chi connectivity index (χ0) is 14.8. The molecule has 7 nitrogen and oxygen atoms in total. The van der Waals surface area contributed by atoms with E-state index in [1.54, 1.807) is 12.1 Å². The first-order chi connectivity index (χ1) is 10.1. The van der Waals surface area contributed by atoms with Crippen LogP contribution < -0.4 is 21.9 Å². The van der Waals surface area contributed by atoms with Crippen LogP contribution in [-0.2, 0) is 4.79 Å². The van der Waals surface area contributed by atoms with Crippen molar-refractivity contribution in [2.45, 2.75) is 25.3 Å². The van der Waals surface area contributed by atoms with Crippen LogP contribution in [0.15, 0.2) is 23.3 Å². The van der Waals surface area contributed by atoms with Gasteiger partial charge in [0.2, 0.25) is 5.91 Å². The summed E-state index contributed by atoms with van der Waals surface area (Å²) in [6.07, 6.45) is 3.90. The first-order valence-corrected chi connectivity index (χ1v) is 6.93. The van der Waals surface area contributed by atoms with Gasteiger partial charge in [-0.05, 0) is 25.0 Å². The van der Waals surface area contributed by atoms with Crippen LogP contribution in [0.25, 0.3) is 10.9 Å². The highest BCUT2D eigenvalue weighted by Gasteiger charge is 2.22. The third kappa shape index (κ3) is 3.13. The maximum Gasteiger partial charge on any atom is 0.258 e. The number of aromatic amines is 1. The van der Waals surface area contributed by atoms with E-state index in [1.165, 1.54) is 6.33 Å². The number of hydrogen-bond donors (Lipinski definition) is 4. The topological polar surface area (TPSA) is 113 Å². The van der Waals surface area contributed by atoms with Gasteiger partial charge in [-0.3, -0.25) is 9.59 Å². The summed E-state index contributed by atoms with van der Waals surface area (Å²) >= 11 is 0. The Kier molecular flexibility index (Phi) is 3.47. The SMILES string of the molecule is Nc1cc2c(=O)[nH]cnc2cc1NCCC(=O)NC1CC1. The van der Waals surface area contributed by atoms with Crippen LogP contribution in [-0.4, -0.2) is 28.5 Å². The van der Waals surface area contributed by atoms with Crippen molar-refractivity contribution >= 4 is 28.2 Å². The van der Waals surface area contributed by atoms with Crippen molar-refractivity contribution in [2.75, 3.05) is 17.6 Å². The molecule has 3 rings (SSSR count). The average molecular weight is 287 g/mol. The fourth-order valence-electron chi connectivity index (χ4n) is 2.12. The molecule has 1 aliphatic rings. The second-order valence-electron chi connectivity index (χ2n) is 5.21. The van der Waals surface area contributed by atoms with E-state index < -0.39 is 0 Å². The average Bonchev–Trinajstić information content (AvgIpc) is 3.24. The van der Waals surface area contributed by atoms with Crippen LogP contribution in [0, 0.1) is 0 Å². The molecule has 0 radical (unpaired) electrons. The number of aromatic nitrogens is 2. The molecule has 1 aliphatic carbocycles. The molecule has 21 heavy (non-hydrogen) atoms. The number of rotatable bonds is 5. The molecule has 2 aromatic rings. The number of carbonyl (C=O) groups excluding carboxylic acids is 1. The quantitative estimate of drug-likeness (QED) is 0.601. The molecule has 0 bridgehead atoms. The second kappa shape index (κ2) is 5.43. The Hall–Kier alpha value is -2.57. The largest absolute Gasteiger partial charge is 0.397 e. The van der Waals surface area contributed by atoms with E-state index in [1.807, 2.05) is 0 Å². The normalized spacial score (nSPS) is 14.1. The molecule has 1 saturated carbocycles. The minimum absolute atomic E-state index is 0.0407. The number of anilines is 2. The zero-order valence-electron chi connectivity index (χ0n) is 11.5. The lowest BCUT2D eigenvalue weighted by molar-refractivity contribution is -0.120. The molecule has 7 heteroatoms. The highest BCUT2D eigenvalue weighted by Crippen LogP contribution is 2.23. The molecule has 0 saturated heterocycles. The number of carbonyl (C=O) groups is 1. The van der Waals surface area contributed by atoms with Crippen molar-refractivity contribution in [2.24, 2.45) is 0 Å². The van der Waals surface area contributed by atoms with Crippen LogP contribution in [0.1, 0.15) is 19.3 Å². The van der Waals surface area contributed by atoms with Crippen LogP contribution in [0.3, 0.4) is 0 Å². The molecule has 0 unspecified atom stereocenters. The number of nitrogens with two attached hydrogens (primary N) is 1. The summed E-state index contributed by atoms with van der Waals surface area (Å²) in [4.78, 5) is 29.8. The van der Waals surface area contributed by atoms with E-state index in [-0.39, 0.29) is 11.5 Å². The summed E-state index contributed by atoms with van der Waals surface area (Å²) in [5, 5.41) is 6.49. The number of fused-ring (bicyclic) bond motifs is 1. The zero-order valence-corrected chi connectivity index (χ0v) is 11.5. The molecular weight excluding hydrogens is 270 g/mol. The van der Waals surface area contributed by atoms with Gasteiger partial charge in [0.15, 0.2) is 0 Å². The lowest BCUT2D eigenvalue weighted by atomic mass is 10.2. The van der Waals surface area contributed by atoms with Gasteiger partial charge < -0.3 is 21.4 Å². The summed E-state index contributed by atoms with van der Waals surface area (Å²) in [6.45, 7) is 0.484. The minimum atomic E-state index is -0.220. The molecule has 0 spiro atoms. The van der Waals surface area contributed by atoms with Crippen molar-refractivity contribution < 1.29 is 4.79 Å². The van der Waals surface area contributed by atoms with Gasteiger partial charge in [0.05, 0.1) is 28.6 Å². The van der Waals surface area contributed by atoms with Crippen LogP contribution in [0.5, 0.6) is 0 Å². The standard InChI is InChI=1S/C14H17N5O2/c15-10-5-9-11(17-7-18-14(9)21)6-12(10)16-4-3-13(20)19-8-1-2-8/h5-8,16H,1-4,15H2,(H,19,20)(H,17,18,21). The molecule has 1 fully saturated rings. The van der Waals surface area contributed by atoms with Crippen LogP contribution in [0.2, 0.25) is 0 Å². The summed E-state index contributed by atoms with van der Waals surface area (Å²) in [6, 6.07) is 3.69. The maximum atomic E-state index is 11.6. The molecule has 0 aliphatic heterocycles. The number of benzene rings is 1. The molecule has 110 valence electrons. The fraction of sp³-hybridized carbons (Fsp3) is 0.357. The maximum absolute atomic E-state index is 11.6. The van der Waals surface area contributed by atoms with E-state index in [9.17, 15) is 9.59 Å². The van der Waals surface area contributed by atoms with Gasteiger partial charge in [0.25, 0.3) is 5.56 Å². The molecule has 1 heterocycles. The number of H-pyrrole nitrogens is 1. The van der Waals surface area contributed by atoms with Gasteiger partial charge in [0.1, 0.15) is 0 Å². The number of hydrogen-bond acceptors (Lipinski definition) is 5. The monoisotopic (exact) mass is 287 g/mol. The van der Waals surface area contributed by atoms with Crippen molar-refractivity contribution in [1.29, 1.82) is 0 Å². The molecule has 1 aromatic carbocycles. The van der Waals surface area contributed by atoms with Crippen LogP contribution >= 0.6 is 0 Å². The number of nitrogens with one attached hydrogen (secondary N) is 3. The number of nitrogens with zero attached hydrogens (tertiary/aromatic N) is 1. The summed E-state index contributed by atoms with van der Waals surface area (Å²) in [5.74, 6) is 0.0407. The Balaban J connectivity index is 1.67. The highest BCUT2D eigenvalue weighted by molar-refractivity contribution is 5.88. The Bertz CT molecular complexity index is 736. The highest BCUT2D eigenvalue weighted by atomic mass is 16.1. The van der Waals surface area contributed by atoms with Crippen LogP contribution in [0.4, 0.5) is 11.4 Å². The summed E-state index contributed by atoms with van der Waals surface area (Å²) in [5.41, 5.74) is 7.41. The lowest BCUT2D eigenvalue weighted by Gasteiger charge is -2.10. The molecule has 1 aromatic heterocycles. The van der Waals surface area contributed by atoms with E-state index >= 15 is 0 Å². The van der Waals surface area contributed by atoms with Crippen molar-refractivity contribution in [3.63, 3.8) is 0 Å². The number of amides is 1. The molecular formula is C14H17N5O2. The van der Waals surface area contributed by atoms with E-state index in [0.29, 0.717) is 41.3 Å². The van der Waals surface area contributed by atoms with Gasteiger partial charge in [-0.2, -0.15) is 0 Å². The van der Waals surface area contributed by atoms with Gasteiger partial charge >= 0.3 is 0 Å². The first-order valence-electron chi connectivity index (χ1n) is 6.93. The van der Waals surface area contributed by atoms with Gasteiger partial charge in [-0.1, -0.05) is 0 Å². The predicted octanol–water partition coefficient (Wildman–Crippen LogP) is 0.586. The smallest absolute Gasteiger partial charge is 0.258 e. The van der Waals surface area contributed by atoms with E-state index in [4.69, 9.17) is 5.73 Å². The number of nitrogen functional groups attached to an aromatic ring is 1. The Morgan fingerprint density at radius 3 is 3.00 bits per heavy atom. The fourth-order valence-corrected chi connectivity index (χ4v) is 2.12. The predicted molar refractivity (Wildman–Crippen MR) is 81.0 cm³/mol. The Morgan fingerprint density at radius 1 is 1.43 bits per heavy atom. The third-order valence-corrected chi connectivity index (χ3v) is 3.42. The molecule has 0 atom stereocenters. The Morgan fingerprint density at radius 2 is 2.24 bits per heavy atom. The van der Waals surface area contributed by atoms with E-state index in [0.717, 1.165) is 12.8 Å². The summed E-state index contributed by atoms with van der Waals surface area (Å²) < 4.78 is 0. The molecule has 1 amide bonds. The van der Waals surface area contributed by atoms with Crippen molar-refractivity contribution in [3.05, 3.63) is 28.8 Å². The summed E-state index contributed by atoms with van der Waals surface area (Å²) in [7, 11) is 0. The van der Waals surface area contributed by atoms with Gasteiger partial charge in [-0.25, -0.2) is 4.98 Å². The second-order valence-corrected chi connectivity index (χ2v) is 5.21. The van der Waals surface area contributed by atoms with Crippen molar-refractivity contribution in [1.82, 2.24) is 15.3 Å². The third-order valence-electron chi connectivity index (χ3n) is 3.42. The lowest BCUT2D eigenvalue weighted by Crippen LogP contribution is -2.27. The van der Waals surface area contributed by atoms with E-state index in [2.05, 4.69) is 20.6 Å².